The number of aromatic nitrogens is 2. The van der Waals surface area contributed by atoms with Crippen molar-refractivity contribution in [3.05, 3.63) is 217 Å². The second kappa shape index (κ2) is 12.1. The van der Waals surface area contributed by atoms with Gasteiger partial charge in [0.05, 0.1) is 11.0 Å². The van der Waals surface area contributed by atoms with Crippen LogP contribution < -0.4 is 10.4 Å². The number of pyridine rings is 2. The van der Waals surface area contributed by atoms with Crippen molar-refractivity contribution >= 4 is 61.8 Å². The first-order chi connectivity index (χ1) is 24.4. The van der Waals surface area contributed by atoms with Gasteiger partial charge >= 0.3 is 0 Å². The molecule has 6 aromatic carbocycles. The number of benzene rings is 6. The van der Waals surface area contributed by atoms with Gasteiger partial charge in [-0.1, -0.05) is 170 Å². The van der Waals surface area contributed by atoms with E-state index in [1.165, 1.54) is 54.2 Å². The number of fused-ring (bicyclic) bond motifs is 2. The molecule has 2 nitrogen and oxygen atoms in total. The Bertz CT molecular complexity index is 2330. The Kier molecular flexibility index (Phi) is 7.18. The van der Waals surface area contributed by atoms with Crippen molar-refractivity contribution in [2.45, 2.75) is 0 Å². The largest absolute Gasteiger partial charge is 0.256 e. The zero-order valence-electron chi connectivity index (χ0n) is 26.9. The number of allylic oxidation sites excluding steroid dienone is 2. The normalized spacial score (nSPS) is 14.1. The average molecular weight is 641 g/mol. The number of para-hydroxylation sites is 2. The molecule has 9 rings (SSSR count). The molecule has 3 heteroatoms. The van der Waals surface area contributed by atoms with E-state index in [1.807, 2.05) is 24.5 Å². The lowest BCUT2D eigenvalue weighted by Gasteiger charge is -2.36. The van der Waals surface area contributed by atoms with E-state index < -0.39 is 8.07 Å². The summed E-state index contributed by atoms with van der Waals surface area (Å²) in [6, 6.07) is 66.2. The van der Waals surface area contributed by atoms with E-state index in [1.54, 1.807) is 0 Å². The molecule has 0 N–H and O–H groups in total. The summed E-state index contributed by atoms with van der Waals surface area (Å²) < 4.78 is 0. The van der Waals surface area contributed by atoms with Crippen LogP contribution in [0.2, 0.25) is 0 Å². The Morgan fingerprint density at radius 1 is 0.327 bits per heavy atom. The third-order valence-electron chi connectivity index (χ3n) is 9.84. The lowest BCUT2D eigenvalue weighted by Crippen LogP contribution is -2.59. The lowest BCUT2D eigenvalue weighted by atomic mass is 9.88. The van der Waals surface area contributed by atoms with Gasteiger partial charge in [0.15, 0.2) is 8.07 Å². The first-order valence-electron chi connectivity index (χ1n) is 16.8. The van der Waals surface area contributed by atoms with Crippen molar-refractivity contribution in [3.8, 4) is 0 Å². The van der Waals surface area contributed by atoms with Crippen LogP contribution in [0.25, 0.3) is 43.3 Å². The smallest absolute Gasteiger partial charge is 0.182 e. The number of nitrogens with zero attached hydrogens (tertiary/aromatic N) is 2. The van der Waals surface area contributed by atoms with Crippen LogP contribution in [0.3, 0.4) is 0 Å². The molecule has 0 amide bonds. The molecule has 49 heavy (non-hydrogen) atoms. The van der Waals surface area contributed by atoms with Crippen molar-refractivity contribution in [3.63, 3.8) is 0 Å². The van der Waals surface area contributed by atoms with Gasteiger partial charge in [0.1, 0.15) is 0 Å². The summed E-state index contributed by atoms with van der Waals surface area (Å²) in [4.78, 5) is 10.2. The molecule has 0 saturated heterocycles. The summed E-state index contributed by atoms with van der Waals surface area (Å²) in [6.07, 6.45) is 3.86. The van der Waals surface area contributed by atoms with Crippen molar-refractivity contribution in [2.75, 3.05) is 0 Å². The third-order valence-corrected chi connectivity index (χ3v) is 14.8. The zero-order valence-corrected chi connectivity index (χ0v) is 27.9. The zero-order chi connectivity index (χ0) is 32.6. The topological polar surface area (TPSA) is 25.8 Å². The van der Waals surface area contributed by atoms with Crippen LogP contribution in [-0.4, -0.2) is 18.0 Å². The monoisotopic (exact) mass is 640 g/mol. The maximum Gasteiger partial charge on any atom is 0.182 e. The molecule has 0 atom stereocenters. The Balaban J connectivity index is 1.60. The van der Waals surface area contributed by atoms with E-state index in [4.69, 9.17) is 9.97 Å². The third kappa shape index (κ3) is 4.62. The fourth-order valence-electron chi connectivity index (χ4n) is 7.94. The van der Waals surface area contributed by atoms with E-state index in [2.05, 4.69) is 170 Å². The van der Waals surface area contributed by atoms with Crippen LogP contribution >= 0.6 is 0 Å². The molecule has 0 aliphatic carbocycles. The minimum absolute atomic E-state index is 1.02. The van der Waals surface area contributed by atoms with Crippen molar-refractivity contribution < 1.29 is 0 Å². The van der Waals surface area contributed by atoms with Crippen molar-refractivity contribution in [1.29, 1.82) is 0 Å². The Hall–Kier alpha value is -6.16. The van der Waals surface area contributed by atoms with E-state index in [0.29, 0.717) is 0 Å². The van der Waals surface area contributed by atoms with Crippen molar-refractivity contribution in [1.82, 2.24) is 9.97 Å². The summed E-state index contributed by atoms with van der Waals surface area (Å²) in [6.45, 7) is 0. The molecule has 2 aromatic heterocycles. The van der Waals surface area contributed by atoms with Crippen LogP contribution in [0, 0.1) is 0 Å². The molecule has 1 aliphatic heterocycles. The first kappa shape index (κ1) is 29.0. The SMILES string of the molecule is c1ccc(C2=C(c3cccc4cccnc34)[Si](c3ccccc3)(c3ccccc3)C(c3cccc4cccnc34)=C2c2ccccc2)cc1. The van der Waals surface area contributed by atoms with Gasteiger partial charge < -0.3 is 0 Å². The minimum atomic E-state index is -3.17. The molecular formula is C46H32N2Si. The van der Waals surface area contributed by atoms with Gasteiger partial charge in [-0.2, -0.15) is 0 Å². The Morgan fingerprint density at radius 2 is 0.694 bits per heavy atom. The molecule has 0 fully saturated rings. The summed E-state index contributed by atoms with van der Waals surface area (Å²) in [5.41, 5.74) is 9.27. The van der Waals surface area contributed by atoms with Gasteiger partial charge in [0.25, 0.3) is 0 Å². The highest BCUT2D eigenvalue weighted by atomic mass is 28.3. The van der Waals surface area contributed by atoms with E-state index in [-0.39, 0.29) is 0 Å². The number of hydrogen-bond donors (Lipinski definition) is 0. The summed E-state index contributed by atoms with van der Waals surface area (Å²) in [5, 5.41) is 7.61. The molecule has 230 valence electrons. The predicted octanol–water partition coefficient (Wildman–Crippen LogP) is 9.66. The van der Waals surface area contributed by atoms with E-state index in [0.717, 1.165) is 21.8 Å². The highest BCUT2D eigenvalue weighted by Gasteiger charge is 2.54. The maximum atomic E-state index is 5.11. The van der Waals surface area contributed by atoms with E-state index in [9.17, 15) is 0 Å². The second-order valence-electron chi connectivity index (χ2n) is 12.5. The predicted molar refractivity (Wildman–Crippen MR) is 208 cm³/mol. The van der Waals surface area contributed by atoms with Crippen LogP contribution in [0.4, 0.5) is 0 Å². The highest BCUT2D eigenvalue weighted by Crippen LogP contribution is 2.56. The van der Waals surface area contributed by atoms with Crippen LogP contribution in [-0.2, 0) is 0 Å². The average Bonchev–Trinajstić information content (AvgIpc) is 3.51. The van der Waals surface area contributed by atoms with Gasteiger partial charge in [-0.05, 0) is 55.2 Å². The highest BCUT2D eigenvalue weighted by molar-refractivity contribution is 7.29. The molecule has 0 saturated carbocycles. The van der Waals surface area contributed by atoms with E-state index >= 15 is 0 Å². The minimum Gasteiger partial charge on any atom is -0.256 e. The maximum absolute atomic E-state index is 5.11. The first-order valence-corrected chi connectivity index (χ1v) is 18.8. The second-order valence-corrected chi connectivity index (χ2v) is 16.1. The molecule has 3 heterocycles. The van der Waals surface area contributed by atoms with Gasteiger partial charge in [-0.25, -0.2) is 0 Å². The van der Waals surface area contributed by atoms with Gasteiger partial charge in [0, 0.05) is 34.3 Å². The number of hydrogen-bond acceptors (Lipinski definition) is 2. The van der Waals surface area contributed by atoms with Crippen LogP contribution in [0.5, 0.6) is 0 Å². The van der Waals surface area contributed by atoms with Crippen molar-refractivity contribution in [2.24, 2.45) is 0 Å². The summed E-state index contributed by atoms with van der Waals surface area (Å²) in [5.74, 6) is 0. The molecule has 0 unspecified atom stereocenters. The lowest BCUT2D eigenvalue weighted by molar-refractivity contribution is 1.40. The molecular weight excluding hydrogens is 609 g/mol. The Labute approximate surface area is 287 Å². The summed E-state index contributed by atoms with van der Waals surface area (Å²) >= 11 is 0. The molecule has 8 aromatic rings. The molecule has 1 aliphatic rings. The fraction of sp³-hybridized carbons (Fsp3) is 0. The standard InChI is InChI=1S/C46H32N2Si/c1-5-17-33(18-6-1)41-42(34-19-7-2-8-20-34)46(40-30-14-22-36-24-16-32-48-44(36)40)49(37-25-9-3-10-26-37,38-27-11-4-12-28-38)45(41)39-29-13-21-35-23-15-31-47-43(35)39/h1-32H. The Morgan fingerprint density at radius 3 is 1.10 bits per heavy atom. The molecule has 0 bridgehead atoms. The molecule has 0 radical (unpaired) electrons. The number of rotatable bonds is 6. The van der Waals surface area contributed by atoms with Crippen LogP contribution in [0.15, 0.2) is 194 Å². The van der Waals surface area contributed by atoms with Gasteiger partial charge in [-0.3, -0.25) is 9.97 Å². The fourth-order valence-corrected chi connectivity index (χ4v) is 13.6. The summed E-state index contributed by atoms with van der Waals surface area (Å²) in [7, 11) is -3.17. The van der Waals surface area contributed by atoms with Gasteiger partial charge in [0.2, 0.25) is 0 Å². The molecule has 0 spiro atoms. The van der Waals surface area contributed by atoms with Crippen LogP contribution in [0.1, 0.15) is 22.3 Å². The quantitative estimate of drug-likeness (QED) is 0.169. The van der Waals surface area contributed by atoms with Gasteiger partial charge in [-0.15, -0.1) is 0 Å².